The molecule has 0 saturated carbocycles. The zero-order valence-corrected chi connectivity index (χ0v) is 15.8. The SMILES string of the molecule is COc1ccc(OCc2nnc(SC[C@@H](O)c3ccc(F)cc3)n2C)cc1. The zero-order chi connectivity index (χ0) is 19.2. The number of ether oxygens (including phenoxy) is 2. The van der Waals surface area contributed by atoms with Gasteiger partial charge in [-0.25, -0.2) is 4.39 Å². The van der Waals surface area contributed by atoms with E-state index in [0.717, 1.165) is 5.75 Å². The van der Waals surface area contributed by atoms with Crippen LogP contribution in [0.3, 0.4) is 0 Å². The lowest BCUT2D eigenvalue weighted by atomic mass is 10.1. The number of hydrogen-bond donors (Lipinski definition) is 1. The third-order valence-electron chi connectivity index (χ3n) is 3.98. The van der Waals surface area contributed by atoms with Gasteiger partial charge in [0.05, 0.1) is 13.2 Å². The summed E-state index contributed by atoms with van der Waals surface area (Å²) >= 11 is 1.38. The van der Waals surface area contributed by atoms with Crippen molar-refractivity contribution < 1.29 is 19.0 Å². The van der Waals surface area contributed by atoms with Gasteiger partial charge in [0.2, 0.25) is 0 Å². The lowest BCUT2D eigenvalue weighted by Gasteiger charge is -2.10. The van der Waals surface area contributed by atoms with E-state index in [1.54, 1.807) is 19.2 Å². The maximum Gasteiger partial charge on any atom is 0.191 e. The molecular weight excluding hydrogens is 369 g/mol. The van der Waals surface area contributed by atoms with Crippen LogP contribution in [0.15, 0.2) is 53.7 Å². The topological polar surface area (TPSA) is 69.4 Å². The van der Waals surface area contributed by atoms with E-state index in [9.17, 15) is 9.50 Å². The average molecular weight is 389 g/mol. The molecule has 0 aliphatic carbocycles. The Balaban J connectivity index is 1.55. The standard InChI is InChI=1S/C19H20FN3O3S/c1-23-18(11-26-16-9-7-15(25-2)8-10-16)21-22-19(23)27-12-17(24)13-3-5-14(20)6-4-13/h3-10,17,24H,11-12H2,1-2H3/t17-/m1/s1. The van der Waals surface area contributed by atoms with Gasteiger partial charge in [0.15, 0.2) is 11.0 Å². The van der Waals surface area contributed by atoms with Crippen LogP contribution in [-0.4, -0.2) is 32.7 Å². The molecule has 2 aromatic carbocycles. The Kier molecular flexibility index (Phi) is 6.31. The minimum atomic E-state index is -0.716. The first-order valence-corrected chi connectivity index (χ1v) is 9.27. The molecule has 0 spiro atoms. The molecule has 0 unspecified atom stereocenters. The van der Waals surface area contributed by atoms with Gasteiger partial charge in [0, 0.05) is 12.8 Å². The largest absolute Gasteiger partial charge is 0.497 e. The highest BCUT2D eigenvalue weighted by molar-refractivity contribution is 7.99. The van der Waals surface area contributed by atoms with Crippen LogP contribution in [-0.2, 0) is 13.7 Å². The third kappa shape index (κ3) is 4.99. The number of thioether (sulfide) groups is 1. The first-order chi connectivity index (χ1) is 13.1. The van der Waals surface area contributed by atoms with Crippen LogP contribution >= 0.6 is 11.8 Å². The molecule has 0 aliphatic rings. The second-order valence-electron chi connectivity index (χ2n) is 5.80. The number of aromatic nitrogens is 3. The zero-order valence-electron chi connectivity index (χ0n) is 15.0. The highest BCUT2D eigenvalue weighted by Crippen LogP contribution is 2.24. The molecule has 0 aliphatic heterocycles. The molecule has 0 amide bonds. The summed E-state index contributed by atoms with van der Waals surface area (Å²) in [5.41, 5.74) is 0.661. The number of hydrogen-bond acceptors (Lipinski definition) is 6. The quantitative estimate of drug-likeness (QED) is 0.596. The molecule has 0 fully saturated rings. The second kappa shape index (κ2) is 8.88. The molecule has 142 valence electrons. The predicted molar refractivity (Wildman–Crippen MR) is 100 cm³/mol. The van der Waals surface area contributed by atoms with Gasteiger partial charge in [-0.1, -0.05) is 23.9 Å². The lowest BCUT2D eigenvalue weighted by molar-refractivity contribution is 0.204. The van der Waals surface area contributed by atoms with E-state index >= 15 is 0 Å². The van der Waals surface area contributed by atoms with Crippen LogP contribution in [0.25, 0.3) is 0 Å². The minimum Gasteiger partial charge on any atom is -0.497 e. The Labute approximate surface area is 161 Å². The smallest absolute Gasteiger partial charge is 0.191 e. The van der Waals surface area contributed by atoms with Crippen molar-refractivity contribution in [1.29, 1.82) is 0 Å². The molecule has 1 aromatic heterocycles. The van der Waals surface area contributed by atoms with Gasteiger partial charge in [-0.15, -0.1) is 10.2 Å². The van der Waals surface area contributed by atoms with Gasteiger partial charge in [0.1, 0.15) is 23.9 Å². The Hall–Kier alpha value is -2.58. The van der Waals surface area contributed by atoms with Gasteiger partial charge < -0.3 is 19.1 Å². The van der Waals surface area contributed by atoms with Crippen molar-refractivity contribution in [2.75, 3.05) is 12.9 Å². The Morgan fingerprint density at radius 3 is 2.41 bits per heavy atom. The van der Waals surface area contributed by atoms with Crippen molar-refractivity contribution in [2.24, 2.45) is 7.05 Å². The predicted octanol–water partition coefficient (Wildman–Crippen LogP) is 3.37. The summed E-state index contributed by atoms with van der Waals surface area (Å²) in [5, 5.41) is 19.2. The van der Waals surface area contributed by atoms with E-state index < -0.39 is 6.10 Å². The molecule has 1 heterocycles. The summed E-state index contributed by atoms with van der Waals surface area (Å²) in [6.07, 6.45) is -0.716. The van der Waals surface area contributed by atoms with Crippen molar-refractivity contribution in [2.45, 2.75) is 17.9 Å². The van der Waals surface area contributed by atoms with Crippen molar-refractivity contribution in [3.63, 3.8) is 0 Å². The van der Waals surface area contributed by atoms with Crippen molar-refractivity contribution in [1.82, 2.24) is 14.8 Å². The summed E-state index contributed by atoms with van der Waals surface area (Å²) in [6, 6.07) is 13.1. The minimum absolute atomic E-state index is 0.275. The van der Waals surface area contributed by atoms with E-state index in [1.165, 1.54) is 23.9 Å². The number of halogens is 1. The van der Waals surface area contributed by atoms with Crippen molar-refractivity contribution in [3.8, 4) is 11.5 Å². The van der Waals surface area contributed by atoms with Gasteiger partial charge >= 0.3 is 0 Å². The van der Waals surface area contributed by atoms with Gasteiger partial charge in [0.25, 0.3) is 0 Å². The summed E-state index contributed by atoms with van der Waals surface area (Å²) < 4.78 is 25.6. The van der Waals surface area contributed by atoms with E-state index in [0.29, 0.717) is 28.0 Å². The Bertz CT molecular complexity index is 869. The number of benzene rings is 2. The number of methoxy groups -OCH3 is 1. The molecule has 6 nitrogen and oxygen atoms in total. The van der Waals surface area contributed by atoms with Crippen LogP contribution in [0.5, 0.6) is 11.5 Å². The fourth-order valence-corrected chi connectivity index (χ4v) is 3.25. The maximum absolute atomic E-state index is 13.0. The molecule has 0 saturated heterocycles. The first-order valence-electron chi connectivity index (χ1n) is 8.28. The van der Waals surface area contributed by atoms with Gasteiger partial charge in [-0.05, 0) is 42.0 Å². The van der Waals surface area contributed by atoms with Crippen LogP contribution in [0.4, 0.5) is 4.39 Å². The summed E-state index contributed by atoms with van der Waals surface area (Å²) in [4.78, 5) is 0. The second-order valence-corrected chi connectivity index (χ2v) is 6.79. The summed E-state index contributed by atoms with van der Waals surface area (Å²) in [5.74, 6) is 2.20. The molecule has 1 N–H and O–H groups in total. The van der Waals surface area contributed by atoms with Gasteiger partial charge in [-0.2, -0.15) is 0 Å². The monoisotopic (exact) mass is 389 g/mol. The maximum atomic E-state index is 13.0. The molecule has 1 atom stereocenters. The van der Waals surface area contributed by atoms with Crippen LogP contribution in [0.2, 0.25) is 0 Å². The molecule has 0 bridgehead atoms. The van der Waals surface area contributed by atoms with E-state index in [-0.39, 0.29) is 12.4 Å². The highest BCUT2D eigenvalue weighted by atomic mass is 32.2. The molecule has 0 radical (unpaired) electrons. The lowest BCUT2D eigenvalue weighted by Crippen LogP contribution is -2.05. The van der Waals surface area contributed by atoms with Crippen molar-refractivity contribution in [3.05, 3.63) is 65.7 Å². The third-order valence-corrected chi connectivity index (χ3v) is 5.07. The number of aliphatic hydroxyl groups is 1. The Morgan fingerprint density at radius 2 is 1.74 bits per heavy atom. The van der Waals surface area contributed by atoms with Crippen LogP contribution in [0, 0.1) is 5.82 Å². The molecular formula is C19H20FN3O3S. The summed E-state index contributed by atoms with van der Waals surface area (Å²) in [6.45, 7) is 0.275. The molecule has 3 rings (SSSR count). The Morgan fingerprint density at radius 1 is 1.07 bits per heavy atom. The van der Waals surface area contributed by atoms with Crippen LogP contribution < -0.4 is 9.47 Å². The van der Waals surface area contributed by atoms with Crippen LogP contribution in [0.1, 0.15) is 17.5 Å². The van der Waals surface area contributed by atoms with E-state index in [2.05, 4.69) is 10.2 Å². The molecule has 27 heavy (non-hydrogen) atoms. The summed E-state index contributed by atoms with van der Waals surface area (Å²) in [7, 11) is 3.46. The molecule has 8 heteroatoms. The average Bonchev–Trinajstić information content (AvgIpc) is 3.05. The fourth-order valence-electron chi connectivity index (χ4n) is 2.35. The van der Waals surface area contributed by atoms with Gasteiger partial charge in [-0.3, -0.25) is 0 Å². The number of nitrogens with zero attached hydrogens (tertiary/aromatic N) is 3. The fraction of sp³-hybridized carbons (Fsp3) is 0.263. The van der Waals surface area contributed by atoms with E-state index in [4.69, 9.17) is 9.47 Å². The van der Waals surface area contributed by atoms with E-state index in [1.807, 2.05) is 35.9 Å². The highest BCUT2D eigenvalue weighted by Gasteiger charge is 2.14. The molecule has 3 aromatic rings. The van der Waals surface area contributed by atoms with Crippen molar-refractivity contribution >= 4 is 11.8 Å². The number of aliphatic hydroxyl groups excluding tert-OH is 1. The first kappa shape index (κ1) is 19.2. The number of rotatable bonds is 8. The normalized spacial score (nSPS) is 12.0.